The van der Waals surface area contributed by atoms with Gasteiger partial charge in [-0.15, -0.1) is 0 Å². The molecule has 4 aromatic carbocycles. The van der Waals surface area contributed by atoms with Gasteiger partial charge in [0.15, 0.2) is 6.10 Å². The molecule has 190 valence electrons. The first-order valence-corrected chi connectivity index (χ1v) is 13.4. The predicted octanol–water partition coefficient (Wildman–Crippen LogP) is 4.51. The lowest BCUT2D eigenvalue weighted by molar-refractivity contribution is -0.126. The van der Waals surface area contributed by atoms with Gasteiger partial charge in [-0.2, -0.15) is 8.42 Å². The summed E-state index contributed by atoms with van der Waals surface area (Å²) in [5, 5.41) is 1.50. The Bertz CT molecular complexity index is 1600. The summed E-state index contributed by atoms with van der Waals surface area (Å²) in [7, 11) is -4.17. The maximum Gasteiger partial charge on any atom is 0.339 e. The number of carbonyl (C=O) groups is 2. The number of rotatable bonds is 6. The fraction of sp³-hybridized carbons (Fsp3) is 0.103. The molecule has 2 aliphatic rings. The smallest absolute Gasteiger partial charge is 0.339 e. The lowest BCUT2D eigenvalue weighted by Crippen LogP contribution is -2.37. The van der Waals surface area contributed by atoms with Crippen molar-refractivity contribution in [1.82, 2.24) is 0 Å². The number of imide groups is 1. The van der Waals surface area contributed by atoms with Crippen molar-refractivity contribution < 1.29 is 27.0 Å². The summed E-state index contributed by atoms with van der Waals surface area (Å²) in [4.78, 5) is 34.6. The van der Waals surface area contributed by atoms with E-state index >= 15 is 0 Å². The number of para-hydroxylation sites is 3. The summed E-state index contributed by atoms with van der Waals surface area (Å²) in [6, 6.07) is 31.3. The van der Waals surface area contributed by atoms with Crippen LogP contribution in [0.15, 0.2) is 120 Å². The van der Waals surface area contributed by atoms with E-state index in [4.69, 9.17) is 9.02 Å². The van der Waals surface area contributed by atoms with Crippen molar-refractivity contribution in [2.45, 2.75) is 17.0 Å². The van der Waals surface area contributed by atoms with E-state index in [2.05, 4.69) is 0 Å². The monoisotopic (exact) mass is 526 g/mol. The first kappa shape index (κ1) is 23.9. The number of hydrogen-bond acceptors (Lipinski definition) is 7. The predicted molar refractivity (Wildman–Crippen MR) is 140 cm³/mol. The molecular weight excluding hydrogens is 504 g/mol. The second-order valence-electron chi connectivity index (χ2n) is 8.89. The second-order valence-corrected chi connectivity index (χ2v) is 10.4. The largest absolute Gasteiger partial charge is 0.379 e. The van der Waals surface area contributed by atoms with Crippen LogP contribution in [-0.2, 0) is 24.5 Å². The van der Waals surface area contributed by atoms with Gasteiger partial charge >= 0.3 is 10.1 Å². The van der Waals surface area contributed by atoms with Crippen LogP contribution in [-0.4, -0.2) is 26.3 Å². The molecule has 9 heteroatoms. The van der Waals surface area contributed by atoms with Gasteiger partial charge in [0.2, 0.25) is 5.91 Å². The normalized spacial score (nSPS) is 21.0. The first-order valence-electron chi connectivity index (χ1n) is 12.0. The highest BCUT2D eigenvalue weighted by atomic mass is 32.2. The molecule has 4 aromatic rings. The van der Waals surface area contributed by atoms with Crippen LogP contribution >= 0.6 is 0 Å². The molecule has 2 heterocycles. The molecule has 0 bridgehead atoms. The van der Waals surface area contributed by atoms with Gasteiger partial charge in [-0.1, -0.05) is 72.8 Å². The SMILES string of the molecule is O=C1[C@@H]2[C@H](ON(c3ccccc3)[C@H]2c2ccccc2OS(=O)(=O)c2ccccc2)C(=O)N1c1ccccc1. The van der Waals surface area contributed by atoms with Crippen LogP contribution < -0.4 is 14.1 Å². The highest BCUT2D eigenvalue weighted by molar-refractivity contribution is 7.87. The van der Waals surface area contributed by atoms with E-state index in [9.17, 15) is 18.0 Å². The zero-order chi connectivity index (χ0) is 26.3. The molecule has 8 nitrogen and oxygen atoms in total. The second kappa shape index (κ2) is 9.44. The summed E-state index contributed by atoms with van der Waals surface area (Å²) in [6.45, 7) is 0. The minimum atomic E-state index is -4.17. The molecule has 38 heavy (non-hydrogen) atoms. The number of benzene rings is 4. The van der Waals surface area contributed by atoms with E-state index in [-0.39, 0.29) is 10.6 Å². The molecule has 0 N–H and O–H groups in total. The lowest BCUT2D eigenvalue weighted by Gasteiger charge is -2.29. The van der Waals surface area contributed by atoms with E-state index in [1.165, 1.54) is 23.3 Å². The van der Waals surface area contributed by atoms with Gasteiger partial charge in [0, 0.05) is 5.56 Å². The van der Waals surface area contributed by atoms with Crippen LogP contribution in [0.5, 0.6) is 5.75 Å². The zero-order valence-electron chi connectivity index (χ0n) is 20.0. The van der Waals surface area contributed by atoms with E-state index in [0.29, 0.717) is 16.9 Å². The molecule has 0 unspecified atom stereocenters. The molecule has 2 saturated heterocycles. The van der Waals surface area contributed by atoms with E-state index in [0.717, 1.165) is 4.90 Å². The van der Waals surface area contributed by atoms with Gasteiger partial charge in [0.05, 0.1) is 17.4 Å². The number of amides is 2. The Morgan fingerprint density at radius 1 is 0.658 bits per heavy atom. The fourth-order valence-corrected chi connectivity index (χ4v) is 5.89. The Kier molecular flexibility index (Phi) is 5.94. The number of anilines is 2. The third-order valence-electron chi connectivity index (χ3n) is 6.61. The van der Waals surface area contributed by atoms with Gasteiger partial charge < -0.3 is 4.18 Å². The van der Waals surface area contributed by atoms with Crippen molar-refractivity contribution in [3.63, 3.8) is 0 Å². The molecule has 2 aliphatic heterocycles. The van der Waals surface area contributed by atoms with Crippen molar-refractivity contribution in [2.75, 3.05) is 9.96 Å². The van der Waals surface area contributed by atoms with Crippen LogP contribution in [0.2, 0.25) is 0 Å². The summed E-state index contributed by atoms with van der Waals surface area (Å²) in [6.07, 6.45) is -1.09. The Labute approximate surface area is 219 Å². The van der Waals surface area contributed by atoms with Crippen molar-refractivity contribution in [2.24, 2.45) is 5.92 Å². The Morgan fingerprint density at radius 2 is 1.21 bits per heavy atom. The third kappa shape index (κ3) is 4.02. The maximum atomic E-state index is 13.8. The molecule has 0 aromatic heterocycles. The standard InChI is InChI=1S/C29H22N2O6S/c32-28-25-26(23-18-10-11-19-24(23)37-38(34,35)22-16-8-3-9-17-22)31(21-14-6-2-7-15-21)36-27(25)29(33)30(28)20-12-4-1-5-13-20/h1-19,25-27H/t25-,26-,27-/m0/s1. The van der Waals surface area contributed by atoms with Gasteiger partial charge in [0.1, 0.15) is 16.6 Å². The van der Waals surface area contributed by atoms with Gasteiger partial charge in [-0.25, -0.2) is 9.96 Å². The van der Waals surface area contributed by atoms with Crippen LogP contribution in [0.25, 0.3) is 0 Å². The minimum Gasteiger partial charge on any atom is -0.379 e. The number of nitrogens with zero attached hydrogens (tertiary/aromatic N) is 2. The van der Waals surface area contributed by atoms with Crippen molar-refractivity contribution in [3.05, 3.63) is 121 Å². The highest BCUT2D eigenvalue weighted by Gasteiger charge is 2.60. The topological polar surface area (TPSA) is 93.2 Å². The van der Waals surface area contributed by atoms with Crippen molar-refractivity contribution in [1.29, 1.82) is 0 Å². The molecular formula is C29H22N2O6S. The molecule has 0 spiro atoms. The number of fused-ring (bicyclic) bond motifs is 1. The quantitative estimate of drug-likeness (QED) is 0.270. The molecule has 2 amide bonds. The molecule has 2 fully saturated rings. The van der Waals surface area contributed by atoms with Crippen LogP contribution in [0.4, 0.5) is 11.4 Å². The van der Waals surface area contributed by atoms with E-state index in [1.54, 1.807) is 78.9 Å². The molecule has 6 rings (SSSR count). The van der Waals surface area contributed by atoms with Gasteiger partial charge in [-0.05, 0) is 42.5 Å². The van der Waals surface area contributed by atoms with E-state index < -0.39 is 40.0 Å². The van der Waals surface area contributed by atoms with Gasteiger partial charge in [0.25, 0.3) is 5.91 Å². The third-order valence-corrected chi connectivity index (χ3v) is 7.86. The summed E-state index contributed by atoms with van der Waals surface area (Å²) in [5.41, 5.74) is 1.46. The fourth-order valence-electron chi connectivity index (χ4n) is 4.91. The van der Waals surface area contributed by atoms with Crippen LogP contribution in [0, 0.1) is 5.92 Å². The Balaban J connectivity index is 1.45. The minimum absolute atomic E-state index is 0.00218. The summed E-state index contributed by atoms with van der Waals surface area (Å²) < 4.78 is 31.8. The average Bonchev–Trinajstić information content (AvgIpc) is 3.46. The maximum absolute atomic E-state index is 13.8. The van der Waals surface area contributed by atoms with Crippen LogP contribution in [0.1, 0.15) is 11.6 Å². The summed E-state index contributed by atoms with van der Waals surface area (Å²) in [5.74, 6) is -1.81. The number of hydroxylamine groups is 1. The zero-order valence-corrected chi connectivity index (χ0v) is 20.8. The summed E-state index contributed by atoms with van der Waals surface area (Å²) >= 11 is 0. The number of hydrogen-bond donors (Lipinski definition) is 0. The molecule has 0 radical (unpaired) electrons. The average molecular weight is 527 g/mol. The van der Waals surface area contributed by atoms with Crippen molar-refractivity contribution in [3.8, 4) is 5.75 Å². The highest BCUT2D eigenvalue weighted by Crippen LogP contribution is 2.49. The van der Waals surface area contributed by atoms with E-state index in [1.807, 2.05) is 18.2 Å². The number of carbonyl (C=O) groups excluding carboxylic acids is 2. The van der Waals surface area contributed by atoms with Crippen LogP contribution in [0.3, 0.4) is 0 Å². The Morgan fingerprint density at radius 3 is 1.87 bits per heavy atom. The molecule has 0 aliphatic carbocycles. The molecule has 0 saturated carbocycles. The lowest BCUT2D eigenvalue weighted by atomic mass is 9.90. The van der Waals surface area contributed by atoms with Crippen molar-refractivity contribution >= 4 is 33.3 Å². The van der Waals surface area contributed by atoms with Gasteiger partial charge in [-0.3, -0.25) is 14.4 Å². The molecule has 3 atom stereocenters. The Hall–Kier alpha value is -4.47. The first-order chi connectivity index (χ1) is 18.5.